The molecule has 0 aliphatic carbocycles. The van der Waals surface area contributed by atoms with E-state index in [0.29, 0.717) is 15.0 Å². The average molecular weight is 391 g/mol. The van der Waals surface area contributed by atoms with Crippen molar-refractivity contribution in [3.05, 3.63) is 49.9 Å². The van der Waals surface area contributed by atoms with Gasteiger partial charge < -0.3 is 0 Å². The van der Waals surface area contributed by atoms with Crippen LogP contribution in [0.15, 0.2) is 29.8 Å². The summed E-state index contributed by atoms with van der Waals surface area (Å²) in [5.41, 5.74) is 1.08. The van der Waals surface area contributed by atoms with Crippen LogP contribution in [0.2, 0.25) is 14.5 Å². The number of anilines is 1. The lowest BCUT2D eigenvalue weighted by molar-refractivity contribution is 0.102. The molecule has 0 aromatic carbocycles. The summed E-state index contributed by atoms with van der Waals surface area (Å²) in [6, 6.07) is 5.15. The largest absolute Gasteiger partial charge is 0.298 e. The molecule has 0 unspecified atom stereocenters. The van der Waals surface area contributed by atoms with E-state index in [2.05, 4.69) is 15.3 Å². The molecule has 3 heterocycles. The van der Waals surface area contributed by atoms with Crippen molar-refractivity contribution in [2.24, 2.45) is 0 Å². The van der Waals surface area contributed by atoms with Gasteiger partial charge in [0.2, 0.25) is 0 Å². The Labute approximate surface area is 148 Å². The van der Waals surface area contributed by atoms with Crippen LogP contribution in [0.5, 0.6) is 0 Å². The Hall–Kier alpha value is -1.18. The highest BCUT2D eigenvalue weighted by Crippen LogP contribution is 2.33. The number of pyridine rings is 1. The van der Waals surface area contributed by atoms with Gasteiger partial charge in [0.1, 0.15) is 5.15 Å². The van der Waals surface area contributed by atoms with Gasteiger partial charge in [-0.25, -0.2) is 9.97 Å². The number of carbonyl (C=O) groups excluding carboxylic acids is 1. The topological polar surface area (TPSA) is 54.9 Å². The van der Waals surface area contributed by atoms with E-state index in [1.54, 1.807) is 6.07 Å². The maximum Gasteiger partial charge on any atom is 0.259 e. The lowest BCUT2D eigenvalue weighted by atomic mass is 10.3. The van der Waals surface area contributed by atoms with Gasteiger partial charge in [-0.3, -0.25) is 10.1 Å². The van der Waals surface area contributed by atoms with Crippen LogP contribution < -0.4 is 5.32 Å². The first-order valence-electron chi connectivity index (χ1n) is 5.86. The standard InChI is InChI=1S/C13H6Cl3N3OS2/c14-7-3-6(4-17-11(7)16)12(20)19-13-18-8(5-21-13)9-1-2-10(15)22-9/h1-5H,(H,18,19,20). The monoisotopic (exact) mass is 389 g/mol. The molecule has 0 atom stereocenters. The van der Waals surface area contributed by atoms with Crippen LogP contribution in [0.1, 0.15) is 10.4 Å². The molecule has 0 saturated heterocycles. The van der Waals surface area contributed by atoms with Crippen molar-refractivity contribution in [3.8, 4) is 10.6 Å². The third-order valence-corrected chi connectivity index (χ3v) is 5.31. The fourth-order valence-corrected chi connectivity index (χ4v) is 3.66. The fraction of sp³-hybridized carbons (Fsp3) is 0. The predicted molar refractivity (Wildman–Crippen MR) is 92.6 cm³/mol. The molecular weight excluding hydrogens is 385 g/mol. The second-order valence-electron chi connectivity index (χ2n) is 4.09. The summed E-state index contributed by atoms with van der Waals surface area (Å²) in [7, 11) is 0. The quantitative estimate of drug-likeness (QED) is 0.602. The van der Waals surface area contributed by atoms with Crippen LogP contribution in [0.3, 0.4) is 0 Å². The minimum Gasteiger partial charge on any atom is -0.298 e. The molecular formula is C13H6Cl3N3OS2. The van der Waals surface area contributed by atoms with Gasteiger partial charge in [0.15, 0.2) is 5.13 Å². The van der Waals surface area contributed by atoms with Crippen molar-refractivity contribution < 1.29 is 4.79 Å². The van der Waals surface area contributed by atoms with Gasteiger partial charge >= 0.3 is 0 Å². The van der Waals surface area contributed by atoms with Gasteiger partial charge in [-0.1, -0.05) is 34.8 Å². The normalized spacial score (nSPS) is 10.7. The van der Waals surface area contributed by atoms with Crippen LogP contribution in [0.4, 0.5) is 5.13 Å². The number of hydrogen-bond acceptors (Lipinski definition) is 5. The molecule has 0 spiro atoms. The highest BCUT2D eigenvalue weighted by atomic mass is 35.5. The molecule has 4 nitrogen and oxygen atoms in total. The Morgan fingerprint density at radius 1 is 1.23 bits per heavy atom. The SMILES string of the molecule is O=C(Nc1nc(-c2ccc(Cl)s2)cs1)c1cnc(Cl)c(Cl)c1. The molecule has 0 bridgehead atoms. The Morgan fingerprint density at radius 2 is 2.05 bits per heavy atom. The van der Waals surface area contributed by atoms with Gasteiger partial charge in [0, 0.05) is 11.6 Å². The van der Waals surface area contributed by atoms with Crippen molar-refractivity contribution in [1.82, 2.24) is 9.97 Å². The number of nitrogens with zero attached hydrogens (tertiary/aromatic N) is 2. The van der Waals surface area contributed by atoms with E-state index in [0.717, 1.165) is 10.6 Å². The number of halogens is 3. The lowest BCUT2D eigenvalue weighted by Crippen LogP contribution is -2.12. The van der Waals surface area contributed by atoms with Gasteiger partial charge in [0.25, 0.3) is 5.91 Å². The lowest BCUT2D eigenvalue weighted by Gasteiger charge is -2.02. The first-order valence-corrected chi connectivity index (χ1v) is 8.69. The first kappa shape index (κ1) is 15.7. The van der Waals surface area contributed by atoms with Crippen molar-refractivity contribution >= 4 is 68.5 Å². The second kappa shape index (κ2) is 6.52. The molecule has 0 saturated carbocycles. The number of carbonyl (C=O) groups is 1. The predicted octanol–water partition coefficient (Wildman–Crippen LogP) is 5.48. The number of thiophene rings is 1. The summed E-state index contributed by atoms with van der Waals surface area (Å²) in [6.45, 7) is 0. The molecule has 3 aromatic rings. The molecule has 0 fully saturated rings. The van der Waals surface area contributed by atoms with Crippen LogP contribution in [-0.2, 0) is 0 Å². The van der Waals surface area contributed by atoms with E-state index in [-0.39, 0.29) is 16.1 Å². The molecule has 9 heteroatoms. The number of aromatic nitrogens is 2. The number of rotatable bonds is 3. The number of hydrogen-bond donors (Lipinski definition) is 1. The first-order chi connectivity index (χ1) is 10.5. The van der Waals surface area contributed by atoms with Crippen molar-refractivity contribution in [2.45, 2.75) is 0 Å². The van der Waals surface area contributed by atoms with Crippen LogP contribution in [0.25, 0.3) is 10.6 Å². The molecule has 1 amide bonds. The Morgan fingerprint density at radius 3 is 2.73 bits per heavy atom. The zero-order valence-electron chi connectivity index (χ0n) is 10.6. The Balaban J connectivity index is 1.77. The van der Waals surface area contributed by atoms with E-state index in [1.807, 2.05) is 11.4 Å². The Bertz CT molecular complexity index is 847. The molecule has 0 radical (unpaired) electrons. The summed E-state index contributed by atoms with van der Waals surface area (Å²) in [5, 5.41) is 5.42. The average Bonchev–Trinajstić information content (AvgIpc) is 3.10. The molecule has 0 aliphatic heterocycles. The molecule has 0 aliphatic rings. The summed E-state index contributed by atoms with van der Waals surface area (Å²) in [4.78, 5) is 21.3. The maximum atomic E-state index is 12.1. The van der Waals surface area contributed by atoms with E-state index in [9.17, 15) is 4.79 Å². The number of thiazole rings is 1. The summed E-state index contributed by atoms with van der Waals surface area (Å²) >= 11 is 20.2. The maximum absolute atomic E-state index is 12.1. The summed E-state index contributed by atoms with van der Waals surface area (Å²) < 4.78 is 0.690. The zero-order chi connectivity index (χ0) is 15.7. The number of amides is 1. The summed E-state index contributed by atoms with van der Waals surface area (Å²) in [6.07, 6.45) is 1.36. The van der Waals surface area contributed by atoms with Gasteiger partial charge in [-0.05, 0) is 18.2 Å². The minimum absolute atomic E-state index is 0.157. The summed E-state index contributed by atoms with van der Waals surface area (Å²) in [5.74, 6) is -0.351. The third-order valence-electron chi connectivity index (χ3n) is 2.61. The molecule has 3 aromatic heterocycles. The number of nitrogens with one attached hydrogen (secondary N) is 1. The van der Waals surface area contributed by atoms with Crippen LogP contribution >= 0.6 is 57.5 Å². The van der Waals surface area contributed by atoms with E-state index in [4.69, 9.17) is 34.8 Å². The van der Waals surface area contributed by atoms with Crippen molar-refractivity contribution in [2.75, 3.05) is 5.32 Å². The van der Waals surface area contributed by atoms with E-state index in [1.165, 1.54) is 34.9 Å². The molecule has 3 rings (SSSR count). The van der Waals surface area contributed by atoms with Crippen molar-refractivity contribution in [1.29, 1.82) is 0 Å². The zero-order valence-corrected chi connectivity index (χ0v) is 14.5. The smallest absolute Gasteiger partial charge is 0.259 e. The van der Waals surface area contributed by atoms with Gasteiger partial charge in [-0.15, -0.1) is 22.7 Å². The minimum atomic E-state index is -0.351. The highest BCUT2D eigenvalue weighted by Gasteiger charge is 2.13. The van der Waals surface area contributed by atoms with E-state index < -0.39 is 0 Å². The Kier molecular flexibility index (Phi) is 4.65. The fourth-order valence-electron chi connectivity index (χ4n) is 1.61. The van der Waals surface area contributed by atoms with Gasteiger partial charge in [0.05, 0.1) is 25.5 Å². The molecule has 22 heavy (non-hydrogen) atoms. The second-order valence-corrected chi connectivity index (χ2v) is 7.43. The highest BCUT2D eigenvalue weighted by molar-refractivity contribution is 7.20. The van der Waals surface area contributed by atoms with Crippen molar-refractivity contribution in [3.63, 3.8) is 0 Å². The third kappa shape index (κ3) is 3.42. The molecule has 112 valence electrons. The molecule has 1 N–H and O–H groups in total. The van der Waals surface area contributed by atoms with E-state index >= 15 is 0 Å². The van der Waals surface area contributed by atoms with Gasteiger partial charge in [-0.2, -0.15) is 0 Å². The van der Waals surface area contributed by atoms with Crippen LogP contribution in [-0.4, -0.2) is 15.9 Å². The van der Waals surface area contributed by atoms with Crippen LogP contribution in [0, 0.1) is 0 Å².